The Labute approximate surface area is 146 Å². The molecule has 1 aliphatic heterocycles. The third-order valence-corrected chi connectivity index (χ3v) is 4.14. The summed E-state index contributed by atoms with van der Waals surface area (Å²) in [6.07, 6.45) is 0.786. The molecule has 0 spiro atoms. The van der Waals surface area contributed by atoms with Crippen LogP contribution in [0, 0.1) is 20.8 Å². The highest BCUT2D eigenvalue weighted by Gasteiger charge is 2.29. The molecule has 3 rings (SSSR count). The molecular weight excluding hydrogens is 320 g/mol. The van der Waals surface area contributed by atoms with E-state index in [4.69, 9.17) is 5.11 Å². The van der Waals surface area contributed by atoms with Gasteiger partial charge in [-0.05, 0) is 33.3 Å². The van der Waals surface area contributed by atoms with Crippen molar-refractivity contribution >= 4 is 17.7 Å². The van der Waals surface area contributed by atoms with Gasteiger partial charge in [-0.15, -0.1) is 0 Å². The summed E-state index contributed by atoms with van der Waals surface area (Å²) in [6.45, 7) is 6.43. The van der Waals surface area contributed by atoms with Crippen molar-refractivity contribution in [2.45, 2.75) is 33.1 Å². The Balaban J connectivity index is 1.80. The van der Waals surface area contributed by atoms with Crippen LogP contribution in [0.25, 0.3) is 0 Å². The number of nitrogens with zero attached hydrogens (tertiary/aromatic N) is 5. The summed E-state index contributed by atoms with van der Waals surface area (Å²) >= 11 is 0. The molecule has 2 N–H and O–H groups in total. The Kier molecular flexibility index (Phi) is 4.89. The van der Waals surface area contributed by atoms with Crippen LogP contribution in [0.5, 0.6) is 0 Å². The standard InChI is InChI=1S/C17H22N6O2/c1-10-6-11(2)20-17(19-10)22-14-7-12(3)18-16(21-14)13-4-5-23(8-13)15(25)9-24/h6-7,13,24H,4-5,8-9H2,1-3H3,(H,18,19,20,21,22). The first-order chi connectivity index (χ1) is 11.9. The van der Waals surface area contributed by atoms with E-state index in [9.17, 15) is 4.79 Å². The van der Waals surface area contributed by atoms with E-state index in [-0.39, 0.29) is 11.8 Å². The summed E-state index contributed by atoms with van der Waals surface area (Å²) in [7, 11) is 0. The molecule has 1 aliphatic rings. The summed E-state index contributed by atoms with van der Waals surface area (Å²) in [5, 5.41) is 12.1. The molecule has 1 fully saturated rings. The predicted octanol–water partition coefficient (Wildman–Crippen LogP) is 1.24. The van der Waals surface area contributed by atoms with Crippen molar-refractivity contribution in [2.24, 2.45) is 0 Å². The van der Waals surface area contributed by atoms with Crippen LogP contribution in [-0.4, -0.2) is 55.5 Å². The molecule has 0 saturated carbocycles. The van der Waals surface area contributed by atoms with Crippen molar-refractivity contribution < 1.29 is 9.90 Å². The molecule has 1 unspecified atom stereocenters. The molecule has 8 heteroatoms. The average molecular weight is 342 g/mol. The molecule has 2 aromatic heterocycles. The number of anilines is 2. The number of nitrogens with one attached hydrogen (secondary N) is 1. The summed E-state index contributed by atoms with van der Waals surface area (Å²) in [5.41, 5.74) is 2.61. The molecule has 1 saturated heterocycles. The van der Waals surface area contributed by atoms with E-state index in [1.165, 1.54) is 0 Å². The fraction of sp³-hybridized carbons (Fsp3) is 0.471. The lowest BCUT2D eigenvalue weighted by molar-refractivity contribution is -0.133. The summed E-state index contributed by atoms with van der Waals surface area (Å²) in [4.78, 5) is 31.1. The SMILES string of the molecule is Cc1cc(C)nc(Nc2cc(C)nc(C3CCN(C(=O)CO)C3)n2)n1. The third kappa shape index (κ3) is 4.08. The van der Waals surface area contributed by atoms with Gasteiger partial charge < -0.3 is 15.3 Å². The number of hydrogen-bond donors (Lipinski definition) is 2. The lowest BCUT2D eigenvalue weighted by Gasteiger charge is -2.15. The van der Waals surface area contributed by atoms with Gasteiger partial charge in [0.15, 0.2) is 0 Å². The van der Waals surface area contributed by atoms with Gasteiger partial charge in [-0.3, -0.25) is 4.79 Å². The van der Waals surface area contributed by atoms with E-state index >= 15 is 0 Å². The number of aliphatic hydroxyl groups excluding tert-OH is 1. The molecule has 0 aromatic carbocycles. The van der Waals surface area contributed by atoms with Gasteiger partial charge in [-0.25, -0.2) is 19.9 Å². The van der Waals surface area contributed by atoms with Gasteiger partial charge in [0.05, 0.1) is 0 Å². The van der Waals surface area contributed by atoms with Crippen LogP contribution in [0.4, 0.5) is 11.8 Å². The summed E-state index contributed by atoms with van der Waals surface area (Å²) < 4.78 is 0. The number of amides is 1. The third-order valence-electron chi connectivity index (χ3n) is 4.14. The lowest BCUT2D eigenvalue weighted by Crippen LogP contribution is -2.30. The first-order valence-corrected chi connectivity index (χ1v) is 8.28. The van der Waals surface area contributed by atoms with Gasteiger partial charge in [0, 0.05) is 42.2 Å². The van der Waals surface area contributed by atoms with E-state index in [2.05, 4.69) is 25.3 Å². The maximum Gasteiger partial charge on any atom is 0.248 e. The van der Waals surface area contributed by atoms with Crippen molar-refractivity contribution in [1.29, 1.82) is 0 Å². The van der Waals surface area contributed by atoms with Crippen LogP contribution in [0.15, 0.2) is 12.1 Å². The van der Waals surface area contributed by atoms with Crippen molar-refractivity contribution in [3.8, 4) is 0 Å². The molecule has 3 heterocycles. The molecule has 1 amide bonds. The van der Waals surface area contributed by atoms with Gasteiger partial charge in [0.1, 0.15) is 18.2 Å². The number of aryl methyl sites for hydroxylation is 3. The Morgan fingerprint density at radius 3 is 2.52 bits per heavy atom. The van der Waals surface area contributed by atoms with E-state index < -0.39 is 6.61 Å². The predicted molar refractivity (Wildman–Crippen MR) is 92.6 cm³/mol. The van der Waals surface area contributed by atoms with Crippen molar-refractivity contribution in [1.82, 2.24) is 24.8 Å². The second kappa shape index (κ2) is 7.10. The molecule has 25 heavy (non-hydrogen) atoms. The van der Waals surface area contributed by atoms with Crippen molar-refractivity contribution in [3.05, 3.63) is 35.0 Å². The van der Waals surface area contributed by atoms with Crippen LogP contribution in [0.2, 0.25) is 0 Å². The van der Waals surface area contributed by atoms with E-state index in [1.54, 1.807) is 4.90 Å². The number of carbonyl (C=O) groups excluding carboxylic acids is 1. The first kappa shape index (κ1) is 17.2. The highest BCUT2D eigenvalue weighted by atomic mass is 16.3. The number of carbonyl (C=O) groups is 1. The van der Waals surface area contributed by atoms with Gasteiger partial charge in [-0.1, -0.05) is 0 Å². The molecular formula is C17H22N6O2. The fourth-order valence-corrected chi connectivity index (χ4v) is 3.03. The summed E-state index contributed by atoms with van der Waals surface area (Å²) in [6, 6.07) is 3.75. The quantitative estimate of drug-likeness (QED) is 0.861. The Hall–Kier alpha value is -2.61. The van der Waals surface area contributed by atoms with Gasteiger partial charge in [0.2, 0.25) is 11.9 Å². The molecule has 0 aliphatic carbocycles. The Bertz CT molecular complexity index is 774. The minimum absolute atomic E-state index is 0.0658. The summed E-state index contributed by atoms with van der Waals surface area (Å²) in [5.74, 6) is 1.65. The van der Waals surface area contributed by atoms with Crippen LogP contribution >= 0.6 is 0 Å². The molecule has 1 atom stereocenters. The normalized spacial score (nSPS) is 17.0. The van der Waals surface area contributed by atoms with Crippen LogP contribution in [0.3, 0.4) is 0 Å². The first-order valence-electron chi connectivity index (χ1n) is 8.28. The molecule has 132 valence electrons. The lowest BCUT2D eigenvalue weighted by atomic mass is 10.1. The van der Waals surface area contributed by atoms with Crippen molar-refractivity contribution in [2.75, 3.05) is 25.0 Å². The van der Waals surface area contributed by atoms with Crippen molar-refractivity contribution in [3.63, 3.8) is 0 Å². The maximum atomic E-state index is 11.6. The minimum Gasteiger partial charge on any atom is -0.387 e. The fourth-order valence-electron chi connectivity index (χ4n) is 3.03. The number of likely N-dealkylation sites (tertiary alicyclic amines) is 1. The second-order valence-corrected chi connectivity index (χ2v) is 6.34. The highest BCUT2D eigenvalue weighted by Crippen LogP contribution is 2.26. The zero-order valence-electron chi connectivity index (χ0n) is 14.7. The second-order valence-electron chi connectivity index (χ2n) is 6.34. The maximum absolute atomic E-state index is 11.6. The van der Waals surface area contributed by atoms with Gasteiger partial charge >= 0.3 is 0 Å². The zero-order chi connectivity index (χ0) is 18.0. The topological polar surface area (TPSA) is 104 Å². The highest BCUT2D eigenvalue weighted by molar-refractivity contribution is 5.77. The van der Waals surface area contributed by atoms with Crippen LogP contribution < -0.4 is 5.32 Å². The Morgan fingerprint density at radius 1 is 1.16 bits per heavy atom. The number of aliphatic hydroxyl groups is 1. The van der Waals surface area contributed by atoms with Crippen LogP contribution in [-0.2, 0) is 4.79 Å². The molecule has 8 nitrogen and oxygen atoms in total. The van der Waals surface area contributed by atoms with E-state index in [1.807, 2.05) is 32.9 Å². The van der Waals surface area contributed by atoms with E-state index in [0.29, 0.717) is 30.7 Å². The van der Waals surface area contributed by atoms with Gasteiger partial charge in [0.25, 0.3) is 0 Å². The smallest absolute Gasteiger partial charge is 0.248 e. The molecule has 0 radical (unpaired) electrons. The number of aromatic nitrogens is 4. The monoisotopic (exact) mass is 342 g/mol. The Morgan fingerprint density at radius 2 is 1.84 bits per heavy atom. The molecule has 2 aromatic rings. The average Bonchev–Trinajstić information content (AvgIpc) is 3.02. The zero-order valence-corrected chi connectivity index (χ0v) is 14.7. The molecule has 0 bridgehead atoms. The van der Waals surface area contributed by atoms with E-state index in [0.717, 1.165) is 23.5 Å². The number of hydrogen-bond acceptors (Lipinski definition) is 7. The van der Waals surface area contributed by atoms with Crippen LogP contribution in [0.1, 0.15) is 35.2 Å². The van der Waals surface area contributed by atoms with Gasteiger partial charge in [-0.2, -0.15) is 0 Å². The number of rotatable bonds is 4. The largest absolute Gasteiger partial charge is 0.387 e. The minimum atomic E-state index is -0.460.